The van der Waals surface area contributed by atoms with E-state index < -0.39 is 0 Å². The zero-order chi connectivity index (χ0) is 16.3. The monoisotopic (exact) mass is 323 g/mol. The minimum atomic E-state index is 0.602. The largest absolute Gasteiger partial charge is 0.370 e. The molecule has 0 radical (unpaired) electrons. The van der Waals surface area contributed by atoms with E-state index in [1.807, 2.05) is 0 Å². The molecule has 2 rings (SSSR count). The van der Waals surface area contributed by atoms with Crippen molar-refractivity contribution in [3.8, 4) is 0 Å². The second kappa shape index (κ2) is 10.9. The van der Waals surface area contributed by atoms with E-state index in [9.17, 15) is 0 Å². The minimum absolute atomic E-state index is 0.602. The predicted octanol–water partition coefficient (Wildman–Crippen LogP) is 2.03. The zero-order valence-electron chi connectivity index (χ0n) is 15.1. The van der Waals surface area contributed by atoms with E-state index in [1.165, 1.54) is 77.5 Å². The molecule has 134 valence electrons. The van der Waals surface area contributed by atoms with Gasteiger partial charge in [0.2, 0.25) is 0 Å². The summed E-state index contributed by atoms with van der Waals surface area (Å²) in [4.78, 5) is 9.66. The van der Waals surface area contributed by atoms with E-state index in [0.717, 1.165) is 19.6 Å². The molecular weight excluding hydrogens is 286 g/mol. The Hall–Kier alpha value is -0.810. The molecule has 3 N–H and O–H groups in total. The molecule has 0 aromatic carbocycles. The number of guanidine groups is 1. The lowest BCUT2D eigenvalue weighted by Gasteiger charge is -2.26. The Balaban J connectivity index is 1.47. The Kier molecular flexibility index (Phi) is 8.76. The quantitative estimate of drug-likeness (QED) is 0.387. The molecule has 2 aliphatic heterocycles. The summed E-state index contributed by atoms with van der Waals surface area (Å²) < 4.78 is 0. The molecule has 2 saturated heterocycles. The molecule has 2 heterocycles. The van der Waals surface area contributed by atoms with Gasteiger partial charge in [-0.05, 0) is 71.2 Å². The Morgan fingerprint density at radius 3 is 2.70 bits per heavy atom. The highest BCUT2D eigenvalue weighted by molar-refractivity contribution is 5.77. The third-order valence-corrected chi connectivity index (χ3v) is 5.28. The van der Waals surface area contributed by atoms with Crippen LogP contribution in [0.25, 0.3) is 0 Å². The van der Waals surface area contributed by atoms with Crippen LogP contribution in [0.4, 0.5) is 0 Å². The summed E-state index contributed by atoms with van der Waals surface area (Å²) >= 11 is 0. The highest BCUT2D eigenvalue weighted by atomic mass is 15.2. The second-order valence-corrected chi connectivity index (χ2v) is 7.04. The zero-order valence-corrected chi connectivity index (χ0v) is 15.1. The maximum Gasteiger partial charge on any atom is 0.188 e. The van der Waals surface area contributed by atoms with E-state index in [-0.39, 0.29) is 0 Å². The summed E-state index contributed by atoms with van der Waals surface area (Å²) in [5.74, 6) is 0.629. The number of nitrogens with one attached hydrogen (secondary N) is 1. The predicted molar refractivity (Wildman–Crippen MR) is 98.9 cm³/mol. The highest BCUT2D eigenvalue weighted by Gasteiger charge is 2.22. The molecule has 0 aliphatic carbocycles. The molecule has 1 atom stereocenters. The van der Waals surface area contributed by atoms with Crippen molar-refractivity contribution in [2.45, 2.75) is 64.3 Å². The van der Waals surface area contributed by atoms with Gasteiger partial charge in [0.05, 0.1) is 6.54 Å². The average molecular weight is 324 g/mol. The number of hydrogen-bond donors (Lipinski definition) is 2. The lowest BCUT2D eigenvalue weighted by molar-refractivity contribution is 0.224. The molecule has 0 spiro atoms. The molecule has 0 aromatic heterocycles. The maximum absolute atomic E-state index is 5.98. The van der Waals surface area contributed by atoms with Crippen molar-refractivity contribution in [1.82, 2.24) is 15.1 Å². The van der Waals surface area contributed by atoms with Crippen LogP contribution in [0.1, 0.15) is 58.3 Å². The molecule has 1 unspecified atom stereocenters. The lowest BCUT2D eigenvalue weighted by Crippen LogP contribution is -2.36. The Morgan fingerprint density at radius 1 is 1.09 bits per heavy atom. The third kappa shape index (κ3) is 7.08. The Morgan fingerprint density at radius 2 is 1.91 bits per heavy atom. The number of nitrogens with zero attached hydrogens (tertiary/aromatic N) is 3. The van der Waals surface area contributed by atoms with Gasteiger partial charge in [0.25, 0.3) is 0 Å². The van der Waals surface area contributed by atoms with Crippen LogP contribution in [0.3, 0.4) is 0 Å². The molecule has 0 aromatic rings. The molecule has 0 amide bonds. The SMILES string of the molecule is CCN1CCCC1CN=C(N)NCCCCCN1CCCCC1. The number of likely N-dealkylation sites (tertiary alicyclic amines) is 2. The van der Waals surface area contributed by atoms with E-state index in [0.29, 0.717) is 12.0 Å². The number of aliphatic imine (C=N–C) groups is 1. The van der Waals surface area contributed by atoms with Gasteiger partial charge in [-0.2, -0.15) is 0 Å². The van der Waals surface area contributed by atoms with Crippen LogP contribution in [0.15, 0.2) is 4.99 Å². The van der Waals surface area contributed by atoms with Crippen LogP contribution in [-0.4, -0.2) is 67.6 Å². The molecular formula is C18H37N5. The van der Waals surface area contributed by atoms with Gasteiger partial charge in [0, 0.05) is 12.6 Å². The molecule has 2 aliphatic rings. The first-order chi connectivity index (χ1) is 11.3. The van der Waals surface area contributed by atoms with Gasteiger partial charge in [-0.3, -0.25) is 9.89 Å². The van der Waals surface area contributed by atoms with Gasteiger partial charge in [-0.25, -0.2) is 0 Å². The number of unbranched alkanes of at least 4 members (excludes halogenated alkanes) is 2. The second-order valence-electron chi connectivity index (χ2n) is 7.04. The number of hydrogen-bond acceptors (Lipinski definition) is 3. The van der Waals surface area contributed by atoms with Crippen LogP contribution >= 0.6 is 0 Å². The third-order valence-electron chi connectivity index (χ3n) is 5.28. The van der Waals surface area contributed by atoms with Crippen molar-refractivity contribution in [2.24, 2.45) is 10.7 Å². The Bertz CT molecular complexity index is 338. The number of likely N-dealkylation sites (N-methyl/N-ethyl adjacent to an activating group) is 1. The van der Waals surface area contributed by atoms with E-state index >= 15 is 0 Å². The summed E-state index contributed by atoms with van der Waals surface area (Å²) in [6, 6.07) is 0.602. The van der Waals surface area contributed by atoms with Crippen LogP contribution < -0.4 is 11.1 Å². The van der Waals surface area contributed by atoms with E-state index in [1.54, 1.807) is 0 Å². The number of nitrogens with two attached hydrogens (primary N) is 1. The van der Waals surface area contributed by atoms with E-state index in [4.69, 9.17) is 5.73 Å². The normalized spacial score (nSPS) is 24.2. The maximum atomic E-state index is 5.98. The lowest BCUT2D eigenvalue weighted by atomic mass is 10.1. The van der Waals surface area contributed by atoms with E-state index in [2.05, 4.69) is 27.0 Å². The number of rotatable bonds is 9. The molecule has 23 heavy (non-hydrogen) atoms. The van der Waals surface area contributed by atoms with Gasteiger partial charge in [0.1, 0.15) is 0 Å². The van der Waals surface area contributed by atoms with Crippen molar-refractivity contribution < 1.29 is 0 Å². The standard InChI is InChI=1S/C18H37N5/c1-2-23-15-9-10-17(23)16-21-18(19)20-11-5-3-6-12-22-13-7-4-8-14-22/h17H,2-16H2,1H3,(H3,19,20,21). The van der Waals surface area contributed by atoms with Gasteiger partial charge in [-0.15, -0.1) is 0 Å². The van der Waals surface area contributed by atoms with Gasteiger partial charge in [0.15, 0.2) is 5.96 Å². The summed E-state index contributed by atoms with van der Waals surface area (Å²) in [5, 5.41) is 3.27. The first-order valence-corrected chi connectivity index (χ1v) is 9.80. The molecule has 0 bridgehead atoms. The number of piperidine rings is 1. The van der Waals surface area contributed by atoms with Gasteiger partial charge >= 0.3 is 0 Å². The van der Waals surface area contributed by atoms with Crippen molar-refractivity contribution in [1.29, 1.82) is 0 Å². The fourth-order valence-corrected chi connectivity index (χ4v) is 3.81. The van der Waals surface area contributed by atoms with Crippen molar-refractivity contribution in [2.75, 3.05) is 45.8 Å². The fourth-order valence-electron chi connectivity index (χ4n) is 3.81. The highest BCUT2D eigenvalue weighted by Crippen LogP contribution is 2.16. The molecule has 0 saturated carbocycles. The smallest absolute Gasteiger partial charge is 0.188 e. The summed E-state index contributed by atoms with van der Waals surface area (Å²) in [6.07, 6.45) is 10.6. The van der Waals surface area contributed by atoms with Crippen LogP contribution in [0.2, 0.25) is 0 Å². The Labute approximate surface area is 142 Å². The van der Waals surface area contributed by atoms with Crippen LogP contribution in [0, 0.1) is 0 Å². The fraction of sp³-hybridized carbons (Fsp3) is 0.944. The van der Waals surface area contributed by atoms with Crippen LogP contribution in [0.5, 0.6) is 0 Å². The summed E-state index contributed by atoms with van der Waals surface area (Å²) in [5.41, 5.74) is 5.98. The van der Waals surface area contributed by atoms with Gasteiger partial charge < -0.3 is 16.0 Å². The van der Waals surface area contributed by atoms with Crippen molar-refractivity contribution >= 4 is 5.96 Å². The summed E-state index contributed by atoms with van der Waals surface area (Å²) in [6.45, 7) is 10.3. The molecule has 5 nitrogen and oxygen atoms in total. The molecule has 2 fully saturated rings. The first kappa shape index (κ1) is 18.5. The average Bonchev–Trinajstić information content (AvgIpc) is 3.04. The minimum Gasteiger partial charge on any atom is -0.370 e. The topological polar surface area (TPSA) is 56.9 Å². The summed E-state index contributed by atoms with van der Waals surface area (Å²) in [7, 11) is 0. The van der Waals surface area contributed by atoms with Crippen molar-refractivity contribution in [3.05, 3.63) is 0 Å². The van der Waals surface area contributed by atoms with Gasteiger partial charge in [-0.1, -0.05) is 19.8 Å². The van der Waals surface area contributed by atoms with Crippen molar-refractivity contribution in [3.63, 3.8) is 0 Å². The first-order valence-electron chi connectivity index (χ1n) is 9.80. The van der Waals surface area contributed by atoms with Crippen LogP contribution in [-0.2, 0) is 0 Å². The molecule has 5 heteroatoms.